The van der Waals surface area contributed by atoms with E-state index in [0.717, 1.165) is 12.1 Å². The van der Waals surface area contributed by atoms with Gasteiger partial charge in [0.05, 0.1) is 5.71 Å². The van der Waals surface area contributed by atoms with Crippen LogP contribution in [0.2, 0.25) is 0 Å². The highest BCUT2D eigenvalue weighted by molar-refractivity contribution is 6.30. The van der Waals surface area contributed by atoms with Crippen LogP contribution in [-0.4, -0.2) is 26.0 Å². The first-order valence-corrected chi connectivity index (χ1v) is 3.73. The van der Waals surface area contributed by atoms with E-state index in [9.17, 15) is 0 Å². The van der Waals surface area contributed by atoms with Crippen LogP contribution in [0.5, 0.6) is 0 Å². The molecule has 0 atom stereocenters. The molecule has 0 rings (SSSR count). The molecule has 0 aromatic rings. The van der Waals surface area contributed by atoms with Crippen molar-refractivity contribution in [3.8, 4) is 0 Å². The van der Waals surface area contributed by atoms with E-state index in [-0.39, 0.29) is 0 Å². The van der Waals surface area contributed by atoms with E-state index >= 15 is 0 Å². The molecule has 0 unspecified atom stereocenters. The minimum atomic E-state index is 1.06. The summed E-state index contributed by atoms with van der Waals surface area (Å²) in [7, 11) is 3.59. The molecule has 0 spiro atoms. The first-order valence-electron chi connectivity index (χ1n) is 3.73. The summed E-state index contributed by atoms with van der Waals surface area (Å²) in [5.41, 5.74) is 1.10. The molecule has 0 radical (unpaired) electrons. The Balaban J connectivity index is 3.62. The monoisotopic (exact) mass is 140 g/mol. The van der Waals surface area contributed by atoms with Gasteiger partial charge < -0.3 is 0 Å². The SMILES string of the molecule is CCCCC(C=NC)=NC. The minimum absolute atomic E-state index is 1.06. The van der Waals surface area contributed by atoms with Gasteiger partial charge in [-0.05, 0) is 12.8 Å². The maximum atomic E-state index is 4.08. The van der Waals surface area contributed by atoms with Crippen molar-refractivity contribution in [1.29, 1.82) is 0 Å². The second-order valence-electron chi connectivity index (χ2n) is 2.21. The smallest absolute Gasteiger partial charge is 0.0522 e. The molecule has 0 aliphatic heterocycles. The molecular weight excluding hydrogens is 124 g/mol. The summed E-state index contributed by atoms with van der Waals surface area (Å²) in [5, 5.41) is 0. The second-order valence-corrected chi connectivity index (χ2v) is 2.21. The largest absolute Gasteiger partial charge is 0.295 e. The van der Waals surface area contributed by atoms with Crippen LogP contribution in [0, 0.1) is 0 Å². The average Bonchev–Trinajstić information content (AvgIpc) is 1.98. The van der Waals surface area contributed by atoms with E-state index in [1.807, 2.05) is 13.3 Å². The normalized spacial score (nSPS) is 12.9. The van der Waals surface area contributed by atoms with E-state index in [0.29, 0.717) is 0 Å². The summed E-state index contributed by atoms with van der Waals surface area (Å²) in [6, 6.07) is 0. The zero-order valence-electron chi connectivity index (χ0n) is 7.09. The Morgan fingerprint density at radius 1 is 1.40 bits per heavy atom. The summed E-state index contributed by atoms with van der Waals surface area (Å²) >= 11 is 0. The summed E-state index contributed by atoms with van der Waals surface area (Å²) in [5.74, 6) is 0. The molecule has 0 saturated carbocycles. The number of nitrogens with zero attached hydrogens (tertiary/aromatic N) is 2. The fourth-order valence-electron chi connectivity index (χ4n) is 0.741. The van der Waals surface area contributed by atoms with Gasteiger partial charge in [0.1, 0.15) is 0 Å². The van der Waals surface area contributed by atoms with Crippen LogP contribution in [0.3, 0.4) is 0 Å². The van der Waals surface area contributed by atoms with Crippen molar-refractivity contribution >= 4 is 11.9 Å². The van der Waals surface area contributed by atoms with Crippen molar-refractivity contribution in [3.63, 3.8) is 0 Å². The Kier molecular flexibility index (Phi) is 6.03. The molecule has 0 bridgehead atoms. The number of unbranched alkanes of at least 4 members (excludes halogenated alkanes) is 1. The highest BCUT2D eigenvalue weighted by atomic mass is 14.7. The third kappa shape index (κ3) is 4.24. The van der Waals surface area contributed by atoms with Crippen LogP contribution in [0.1, 0.15) is 26.2 Å². The quantitative estimate of drug-likeness (QED) is 0.533. The van der Waals surface area contributed by atoms with Gasteiger partial charge in [-0.15, -0.1) is 0 Å². The van der Waals surface area contributed by atoms with Crippen LogP contribution in [0.25, 0.3) is 0 Å². The first-order chi connectivity index (χ1) is 4.85. The van der Waals surface area contributed by atoms with E-state index in [1.165, 1.54) is 12.8 Å². The Labute approximate surface area is 63.1 Å². The van der Waals surface area contributed by atoms with Gasteiger partial charge in [0, 0.05) is 20.3 Å². The Hall–Kier alpha value is -0.660. The molecule has 58 valence electrons. The molecule has 0 aromatic carbocycles. The molecule has 0 saturated heterocycles. The third-order valence-electron chi connectivity index (χ3n) is 1.35. The van der Waals surface area contributed by atoms with E-state index < -0.39 is 0 Å². The molecule has 0 aliphatic rings. The number of aliphatic imine (C=N–C) groups is 2. The lowest BCUT2D eigenvalue weighted by Gasteiger charge is -1.95. The van der Waals surface area contributed by atoms with E-state index in [4.69, 9.17) is 0 Å². The van der Waals surface area contributed by atoms with Gasteiger partial charge in [-0.3, -0.25) is 9.98 Å². The Morgan fingerprint density at radius 3 is 2.50 bits per heavy atom. The summed E-state index contributed by atoms with van der Waals surface area (Å²) in [4.78, 5) is 7.99. The predicted octanol–water partition coefficient (Wildman–Crippen LogP) is 1.95. The van der Waals surface area contributed by atoms with Crippen molar-refractivity contribution in [2.24, 2.45) is 9.98 Å². The summed E-state index contributed by atoms with van der Waals surface area (Å²) in [6.45, 7) is 2.18. The van der Waals surface area contributed by atoms with Crippen molar-refractivity contribution < 1.29 is 0 Å². The summed E-state index contributed by atoms with van der Waals surface area (Å²) < 4.78 is 0. The molecular formula is C8H16N2. The van der Waals surface area contributed by atoms with Gasteiger partial charge in [-0.2, -0.15) is 0 Å². The van der Waals surface area contributed by atoms with Crippen LogP contribution in [0.4, 0.5) is 0 Å². The lowest BCUT2D eigenvalue weighted by molar-refractivity contribution is 0.838. The molecule has 0 amide bonds. The van der Waals surface area contributed by atoms with Gasteiger partial charge in [0.25, 0.3) is 0 Å². The van der Waals surface area contributed by atoms with Gasteiger partial charge in [0.2, 0.25) is 0 Å². The van der Waals surface area contributed by atoms with Crippen LogP contribution < -0.4 is 0 Å². The van der Waals surface area contributed by atoms with Crippen molar-refractivity contribution in [2.45, 2.75) is 26.2 Å². The molecule has 0 N–H and O–H groups in total. The van der Waals surface area contributed by atoms with Crippen LogP contribution >= 0.6 is 0 Å². The van der Waals surface area contributed by atoms with Crippen molar-refractivity contribution in [2.75, 3.05) is 14.1 Å². The Bertz CT molecular complexity index is 125. The van der Waals surface area contributed by atoms with Crippen molar-refractivity contribution in [1.82, 2.24) is 0 Å². The van der Waals surface area contributed by atoms with E-state index in [2.05, 4.69) is 16.9 Å². The lowest BCUT2D eigenvalue weighted by atomic mass is 10.2. The fraction of sp³-hybridized carbons (Fsp3) is 0.750. The highest BCUT2D eigenvalue weighted by Crippen LogP contribution is 1.94. The average molecular weight is 140 g/mol. The van der Waals surface area contributed by atoms with Gasteiger partial charge >= 0.3 is 0 Å². The molecule has 0 aliphatic carbocycles. The topological polar surface area (TPSA) is 24.7 Å². The van der Waals surface area contributed by atoms with Crippen LogP contribution in [0.15, 0.2) is 9.98 Å². The molecule has 0 aromatic heterocycles. The Morgan fingerprint density at radius 2 is 2.10 bits per heavy atom. The van der Waals surface area contributed by atoms with Gasteiger partial charge in [-0.1, -0.05) is 13.3 Å². The van der Waals surface area contributed by atoms with Gasteiger partial charge in [0.15, 0.2) is 0 Å². The number of rotatable bonds is 4. The lowest BCUT2D eigenvalue weighted by Crippen LogP contribution is -1.98. The van der Waals surface area contributed by atoms with Crippen LogP contribution in [-0.2, 0) is 0 Å². The fourth-order valence-corrected chi connectivity index (χ4v) is 0.741. The second kappa shape index (κ2) is 6.46. The minimum Gasteiger partial charge on any atom is -0.295 e. The number of hydrogen-bond donors (Lipinski definition) is 0. The molecule has 10 heavy (non-hydrogen) atoms. The van der Waals surface area contributed by atoms with Gasteiger partial charge in [-0.25, -0.2) is 0 Å². The predicted molar refractivity (Wildman–Crippen MR) is 47.3 cm³/mol. The molecule has 0 heterocycles. The standard InChI is InChI=1S/C8H16N2/c1-4-5-6-8(10-3)7-9-2/h7H,4-6H2,1-3H3. The maximum Gasteiger partial charge on any atom is 0.0522 e. The summed E-state index contributed by atoms with van der Waals surface area (Å²) in [6.07, 6.45) is 5.31. The van der Waals surface area contributed by atoms with Crippen molar-refractivity contribution in [3.05, 3.63) is 0 Å². The van der Waals surface area contributed by atoms with E-state index in [1.54, 1.807) is 7.05 Å². The third-order valence-corrected chi connectivity index (χ3v) is 1.35. The zero-order valence-corrected chi connectivity index (χ0v) is 7.09. The molecule has 2 heteroatoms. The highest BCUT2D eigenvalue weighted by Gasteiger charge is 1.90. The first kappa shape index (κ1) is 9.34. The number of hydrogen-bond acceptors (Lipinski definition) is 2. The maximum absolute atomic E-state index is 4.08. The zero-order chi connectivity index (χ0) is 7.82. The molecule has 2 nitrogen and oxygen atoms in total. The molecule has 0 fully saturated rings.